The average Bonchev–Trinajstić information content (AvgIpc) is 2.34. The zero-order chi connectivity index (χ0) is 12.7. The molecule has 0 aliphatic rings. The Labute approximate surface area is 98.8 Å². The van der Waals surface area contributed by atoms with E-state index in [1.165, 1.54) is 0 Å². The third-order valence-corrected chi connectivity index (χ3v) is 2.00. The molecule has 1 rings (SSSR count). The predicted octanol–water partition coefficient (Wildman–Crippen LogP) is 0.665. The normalized spacial score (nSPS) is 9.12. The Balaban J connectivity index is 2.42. The first-order valence-corrected chi connectivity index (χ1v) is 4.95. The van der Waals surface area contributed by atoms with Crippen molar-refractivity contribution < 1.29 is 14.7 Å². The first kappa shape index (κ1) is 12.6. The Kier molecular flexibility index (Phi) is 4.58. The van der Waals surface area contributed by atoms with Crippen LogP contribution >= 0.6 is 0 Å². The fourth-order valence-corrected chi connectivity index (χ4v) is 1.17. The van der Waals surface area contributed by atoms with Crippen LogP contribution in [0.25, 0.3) is 0 Å². The summed E-state index contributed by atoms with van der Waals surface area (Å²) >= 11 is 0. The number of carbonyl (C=O) groups is 2. The van der Waals surface area contributed by atoms with Gasteiger partial charge in [-0.05, 0) is 24.3 Å². The summed E-state index contributed by atoms with van der Waals surface area (Å²) in [5.41, 5.74) is 1.19. The third-order valence-electron chi connectivity index (χ3n) is 2.00. The van der Waals surface area contributed by atoms with Crippen molar-refractivity contribution in [3.8, 4) is 12.3 Å². The molecule has 0 aliphatic heterocycles. The van der Waals surface area contributed by atoms with Crippen LogP contribution in [0.5, 0.6) is 0 Å². The number of amides is 2. The summed E-state index contributed by atoms with van der Waals surface area (Å²) in [7, 11) is 0. The second-order valence-electron chi connectivity index (χ2n) is 3.21. The second-order valence-corrected chi connectivity index (χ2v) is 3.21. The zero-order valence-corrected chi connectivity index (χ0v) is 9.06. The van der Waals surface area contributed by atoms with Crippen LogP contribution in [-0.4, -0.2) is 30.2 Å². The fraction of sp³-hybridized carbons (Fsp3) is 0.167. The lowest BCUT2D eigenvalue weighted by Crippen LogP contribution is -2.33. The van der Waals surface area contributed by atoms with Crippen molar-refractivity contribution in [3.05, 3.63) is 35.4 Å². The van der Waals surface area contributed by atoms with Gasteiger partial charge in [-0.25, -0.2) is 4.79 Å². The van der Waals surface area contributed by atoms with E-state index in [2.05, 4.69) is 16.6 Å². The van der Waals surface area contributed by atoms with Crippen molar-refractivity contribution >= 4 is 12.0 Å². The van der Waals surface area contributed by atoms with E-state index in [1.807, 2.05) is 0 Å². The molecule has 0 bridgehead atoms. The Morgan fingerprint density at radius 2 is 1.76 bits per heavy atom. The summed E-state index contributed by atoms with van der Waals surface area (Å²) in [4.78, 5) is 21.7. The molecule has 5 nitrogen and oxygen atoms in total. The van der Waals surface area contributed by atoms with E-state index >= 15 is 0 Å². The standard InChI is InChI=1S/C12H12N2O3/c1-2-9-3-5-10(6-4-9)11(15)13-7-8-14-12(16)17/h1,3-6,14H,7-8H2,(H,13,15)(H,16,17). The largest absolute Gasteiger partial charge is 0.465 e. The van der Waals surface area contributed by atoms with E-state index in [4.69, 9.17) is 11.5 Å². The van der Waals surface area contributed by atoms with Crippen molar-refractivity contribution in [1.29, 1.82) is 0 Å². The molecule has 0 aliphatic carbocycles. The molecule has 0 radical (unpaired) electrons. The summed E-state index contributed by atoms with van der Waals surface area (Å²) in [6.07, 6.45) is 4.07. The molecule has 1 aromatic carbocycles. The van der Waals surface area contributed by atoms with Gasteiger partial charge in [0.2, 0.25) is 0 Å². The van der Waals surface area contributed by atoms with Crippen LogP contribution in [-0.2, 0) is 0 Å². The maximum absolute atomic E-state index is 11.6. The lowest BCUT2D eigenvalue weighted by molar-refractivity contribution is 0.0953. The highest BCUT2D eigenvalue weighted by atomic mass is 16.4. The van der Waals surface area contributed by atoms with Gasteiger partial charge in [-0.1, -0.05) is 5.92 Å². The molecular formula is C12H12N2O3. The Bertz CT molecular complexity index is 446. The van der Waals surface area contributed by atoms with Gasteiger partial charge in [-0.3, -0.25) is 4.79 Å². The minimum Gasteiger partial charge on any atom is -0.465 e. The number of benzene rings is 1. The molecule has 17 heavy (non-hydrogen) atoms. The minimum atomic E-state index is -1.11. The summed E-state index contributed by atoms with van der Waals surface area (Å²) in [5.74, 6) is 2.19. The quantitative estimate of drug-likeness (QED) is 0.527. The lowest BCUT2D eigenvalue weighted by atomic mass is 10.1. The molecule has 5 heteroatoms. The van der Waals surface area contributed by atoms with E-state index in [0.29, 0.717) is 11.1 Å². The molecule has 2 amide bonds. The van der Waals surface area contributed by atoms with Gasteiger partial charge in [0.25, 0.3) is 5.91 Å². The van der Waals surface area contributed by atoms with Gasteiger partial charge in [0.1, 0.15) is 0 Å². The van der Waals surface area contributed by atoms with Crippen molar-refractivity contribution in [2.75, 3.05) is 13.1 Å². The molecule has 0 heterocycles. The van der Waals surface area contributed by atoms with Crippen LogP contribution in [0.3, 0.4) is 0 Å². The number of hydrogen-bond donors (Lipinski definition) is 3. The molecule has 88 valence electrons. The number of carbonyl (C=O) groups excluding carboxylic acids is 1. The summed E-state index contributed by atoms with van der Waals surface area (Å²) in [5, 5.41) is 13.0. The van der Waals surface area contributed by atoms with Gasteiger partial charge < -0.3 is 15.7 Å². The second kappa shape index (κ2) is 6.18. The minimum absolute atomic E-state index is 0.170. The molecule has 0 aromatic heterocycles. The van der Waals surface area contributed by atoms with E-state index in [0.717, 1.165) is 0 Å². The van der Waals surface area contributed by atoms with Crippen molar-refractivity contribution in [2.45, 2.75) is 0 Å². The highest BCUT2D eigenvalue weighted by Crippen LogP contribution is 2.02. The number of carboxylic acid groups (broad SMARTS) is 1. The molecule has 3 N–H and O–H groups in total. The summed E-state index contributed by atoms with van der Waals surface area (Å²) in [6, 6.07) is 6.58. The highest BCUT2D eigenvalue weighted by Gasteiger charge is 2.04. The topological polar surface area (TPSA) is 78.4 Å². The maximum atomic E-state index is 11.6. The van der Waals surface area contributed by atoms with Crippen LogP contribution in [0.1, 0.15) is 15.9 Å². The highest BCUT2D eigenvalue weighted by molar-refractivity contribution is 5.94. The van der Waals surface area contributed by atoms with Crippen LogP contribution < -0.4 is 10.6 Å². The van der Waals surface area contributed by atoms with Gasteiger partial charge in [0.15, 0.2) is 0 Å². The van der Waals surface area contributed by atoms with Crippen molar-refractivity contribution in [3.63, 3.8) is 0 Å². The van der Waals surface area contributed by atoms with Crippen molar-refractivity contribution in [1.82, 2.24) is 10.6 Å². The van der Waals surface area contributed by atoms with Crippen LogP contribution in [0.15, 0.2) is 24.3 Å². The average molecular weight is 232 g/mol. The van der Waals surface area contributed by atoms with Crippen LogP contribution in [0, 0.1) is 12.3 Å². The molecule has 0 saturated carbocycles. The van der Waals surface area contributed by atoms with Gasteiger partial charge in [0.05, 0.1) is 0 Å². The molecular weight excluding hydrogens is 220 g/mol. The lowest BCUT2D eigenvalue weighted by Gasteiger charge is -2.05. The van der Waals surface area contributed by atoms with Crippen molar-refractivity contribution in [2.24, 2.45) is 0 Å². The Morgan fingerprint density at radius 1 is 1.18 bits per heavy atom. The SMILES string of the molecule is C#Cc1ccc(C(=O)NCCNC(=O)O)cc1. The van der Waals surface area contributed by atoms with E-state index < -0.39 is 6.09 Å². The molecule has 0 saturated heterocycles. The summed E-state index contributed by atoms with van der Waals surface area (Å²) in [6.45, 7) is 0.408. The smallest absolute Gasteiger partial charge is 0.404 e. The molecule has 0 spiro atoms. The number of terminal acetylenes is 1. The van der Waals surface area contributed by atoms with Crippen LogP contribution in [0.4, 0.5) is 4.79 Å². The molecule has 1 aromatic rings. The fourth-order valence-electron chi connectivity index (χ4n) is 1.17. The predicted molar refractivity (Wildman–Crippen MR) is 62.7 cm³/mol. The van der Waals surface area contributed by atoms with Gasteiger partial charge >= 0.3 is 6.09 Å². The molecule has 0 unspecified atom stereocenters. The van der Waals surface area contributed by atoms with Gasteiger partial charge in [0, 0.05) is 24.2 Å². The van der Waals surface area contributed by atoms with Gasteiger partial charge in [-0.15, -0.1) is 6.42 Å². The number of nitrogens with one attached hydrogen (secondary N) is 2. The van der Waals surface area contributed by atoms with Crippen LogP contribution in [0.2, 0.25) is 0 Å². The van der Waals surface area contributed by atoms with E-state index in [9.17, 15) is 9.59 Å². The third kappa shape index (κ3) is 4.26. The maximum Gasteiger partial charge on any atom is 0.404 e. The first-order chi connectivity index (χ1) is 8.13. The number of hydrogen-bond acceptors (Lipinski definition) is 2. The monoisotopic (exact) mass is 232 g/mol. The Morgan fingerprint density at radius 3 is 2.29 bits per heavy atom. The Hall–Kier alpha value is -2.48. The molecule has 0 atom stereocenters. The van der Waals surface area contributed by atoms with E-state index in [-0.39, 0.29) is 19.0 Å². The van der Waals surface area contributed by atoms with E-state index in [1.54, 1.807) is 24.3 Å². The molecule has 0 fully saturated rings. The van der Waals surface area contributed by atoms with Gasteiger partial charge in [-0.2, -0.15) is 0 Å². The first-order valence-electron chi connectivity index (χ1n) is 4.95. The number of rotatable bonds is 4. The zero-order valence-electron chi connectivity index (χ0n) is 9.06. The summed E-state index contributed by atoms with van der Waals surface area (Å²) < 4.78 is 0.